The Morgan fingerprint density at radius 2 is 2.40 bits per heavy atom. The van der Waals surface area contributed by atoms with Crippen molar-refractivity contribution in [2.24, 2.45) is 5.73 Å². The fourth-order valence-electron chi connectivity index (χ4n) is 1.70. The van der Waals surface area contributed by atoms with E-state index in [-0.39, 0.29) is 12.1 Å². The predicted molar refractivity (Wildman–Crippen MR) is 64.2 cm³/mol. The molecule has 0 spiro atoms. The van der Waals surface area contributed by atoms with Crippen LogP contribution in [-0.4, -0.2) is 25.9 Å². The summed E-state index contributed by atoms with van der Waals surface area (Å²) < 4.78 is 12.1. The molecule has 1 aromatic rings. The van der Waals surface area contributed by atoms with Crippen molar-refractivity contribution in [3.63, 3.8) is 0 Å². The van der Waals surface area contributed by atoms with E-state index < -0.39 is 0 Å². The monoisotopic (exact) mass is 291 g/mol. The first-order chi connectivity index (χ1) is 7.18. The molecule has 2 rings (SSSR count). The van der Waals surface area contributed by atoms with E-state index in [0.29, 0.717) is 19.8 Å². The fraction of sp³-hybridized carbons (Fsp3) is 0.600. The molecule has 2 N–H and O–H groups in total. The summed E-state index contributed by atoms with van der Waals surface area (Å²) in [5.74, 6) is 0. The third-order valence-electron chi connectivity index (χ3n) is 2.53. The van der Waals surface area contributed by atoms with Crippen molar-refractivity contribution in [2.75, 3.05) is 19.8 Å². The maximum Gasteiger partial charge on any atom is 0.100 e. The molecular weight excluding hydrogens is 278 g/mol. The van der Waals surface area contributed by atoms with Gasteiger partial charge in [0.15, 0.2) is 0 Å². The van der Waals surface area contributed by atoms with E-state index in [1.54, 1.807) is 11.3 Å². The van der Waals surface area contributed by atoms with Crippen LogP contribution in [0.5, 0.6) is 0 Å². The summed E-state index contributed by atoms with van der Waals surface area (Å²) >= 11 is 5.17. The maximum absolute atomic E-state index is 6.16. The molecule has 84 valence electrons. The maximum atomic E-state index is 6.16. The lowest BCUT2D eigenvalue weighted by atomic mass is 10.0. The van der Waals surface area contributed by atoms with Crippen molar-refractivity contribution in [1.82, 2.24) is 0 Å². The van der Waals surface area contributed by atoms with Gasteiger partial charge in [-0.25, -0.2) is 0 Å². The van der Waals surface area contributed by atoms with Crippen molar-refractivity contribution in [2.45, 2.75) is 19.1 Å². The van der Waals surface area contributed by atoms with Crippen LogP contribution in [0, 0.1) is 6.92 Å². The largest absolute Gasteiger partial charge is 0.376 e. The SMILES string of the molecule is Cc1sc(Br)cc1C(N)C1COCCO1. The topological polar surface area (TPSA) is 44.5 Å². The number of nitrogens with two attached hydrogens (primary N) is 1. The summed E-state index contributed by atoms with van der Waals surface area (Å²) in [6.07, 6.45) is -0.0149. The second kappa shape index (κ2) is 4.93. The molecule has 0 aromatic carbocycles. The minimum absolute atomic E-state index is 0.0149. The van der Waals surface area contributed by atoms with Crippen molar-refractivity contribution < 1.29 is 9.47 Å². The summed E-state index contributed by atoms with van der Waals surface area (Å²) in [7, 11) is 0. The number of thiophene rings is 1. The molecule has 5 heteroatoms. The highest BCUT2D eigenvalue weighted by Crippen LogP contribution is 2.32. The van der Waals surface area contributed by atoms with Gasteiger partial charge in [0, 0.05) is 4.88 Å². The molecular formula is C10H14BrNO2S. The molecule has 0 amide bonds. The molecule has 1 aliphatic rings. The van der Waals surface area contributed by atoms with Crippen molar-refractivity contribution >= 4 is 27.3 Å². The lowest BCUT2D eigenvalue weighted by Crippen LogP contribution is -2.37. The normalized spacial score (nSPS) is 24.1. The lowest BCUT2D eigenvalue weighted by Gasteiger charge is -2.28. The van der Waals surface area contributed by atoms with Crippen LogP contribution in [0.1, 0.15) is 16.5 Å². The molecule has 1 aromatic heterocycles. The van der Waals surface area contributed by atoms with Gasteiger partial charge in [-0.15, -0.1) is 11.3 Å². The Hall–Kier alpha value is 0.0600. The van der Waals surface area contributed by atoms with Crippen LogP contribution < -0.4 is 5.73 Å². The molecule has 1 fully saturated rings. The Balaban J connectivity index is 2.12. The van der Waals surface area contributed by atoms with Crippen LogP contribution >= 0.6 is 27.3 Å². The summed E-state index contributed by atoms with van der Waals surface area (Å²) in [5.41, 5.74) is 7.32. The summed E-state index contributed by atoms with van der Waals surface area (Å²) in [6.45, 7) is 3.99. The highest BCUT2D eigenvalue weighted by atomic mass is 79.9. The van der Waals surface area contributed by atoms with Crippen molar-refractivity contribution in [1.29, 1.82) is 0 Å². The van der Waals surface area contributed by atoms with E-state index in [2.05, 4.69) is 28.9 Å². The van der Waals surface area contributed by atoms with E-state index in [9.17, 15) is 0 Å². The molecule has 0 radical (unpaired) electrons. The highest BCUT2D eigenvalue weighted by molar-refractivity contribution is 9.11. The Labute approximate surface area is 102 Å². The van der Waals surface area contributed by atoms with Gasteiger partial charge in [-0.05, 0) is 34.5 Å². The number of hydrogen-bond acceptors (Lipinski definition) is 4. The minimum atomic E-state index is -0.0900. The van der Waals surface area contributed by atoms with Gasteiger partial charge in [0.25, 0.3) is 0 Å². The van der Waals surface area contributed by atoms with Gasteiger partial charge in [0.1, 0.15) is 6.10 Å². The smallest absolute Gasteiger partial charge is 0.100 e. The first-order valence-corrected chi connectivity index (χ1v) is 6.50. The zero-order valence-corrected chi connectivity index (χ0v) is 10.9. The Morgan fingerprint density at radius 3 is 2.93 bits per heavy atom. The van der Waals surface area contributed by atoms with Crippen LogP contribution in [0.2, 0.25) is 0 Å². The number of ether oxygens (including phenoxy) is 2. The number of aryl methyl sites for hydroxylation is 1. The Morgan fingerprint density at radius 1 is 1.60 bits per heavy atom. The lowest BCUT2D eigenvalue weighted by molar-refractivity contribution is -0.0975. The number of rotatable bonds is 2. The van der Waals surface area contributed by atoms with Gasteiger partial charge in [-0.3, -0.25) is 0 Å². The summed E-state index contributed by atoms with van der Waals surface area (Å²) in [4.78, 5) is 1.24. The quantitative estimate of drug-likeness (QED) is 0.909. The average molecular weight is 292 g/mol. The molecule has 0 saturated carbocycles. The number of halogens is 1. The van der Waals surface area contributed by atoms with Crippen LogP contribution in [0.25, 0.3) is 0 Å². The zero-order valence-electron chi connectivity index (χ0n) is 8.53. The van der Waals surface area contributed by atoms with Gasteiger partial charge >= 0.3 is 0 Å². The summed E-state index contributed by atoms with van der Waals surface area (Å²) in [6, 6.07) is 1.98. The third-order valence-corrected chi connectivity index (χ3v) is 4.10. The van der Waals surface area contributed by atoms with E-state index >= 15 is 0 Å². The predicted octanol–water partition coefficient (Wildman–Crippen LogP) is 2.23. The second-order valence-corrected chi connectivity index (χ2v) is 6.21. The molecule has 1 saturated heterocycles. The molecule has 0 bridgehead atoms. The van der Waals surface area contributed by atoms with Crippen molar-refractivity contribution in [3.05, 3.63) is 20.3 Å². The molecule has 15 heavy (non-hydrogen) atoms. The number of hydrogen-bond donors (Lipinski definition) is 1. The van der Waals surface area contributed by atoms with Crippen LogP contribution in [0.4, 0.5) is 0 Å². The second-order valence-electron chi connectivity index (χ2n) is 3.57. The van der Waals surface area contributed by atoms with E-state index in [1.165, 1.54) is 4.88 Å². The van der Waals surface area contributed by atoms with Gasteiger partial charge in [-0.2, -0.15) is 0 Å². The standard InChI is InChI=1S/C10H14BrNO2S/c1-6-7(4-9(11)15-6)10(12)8-5-13-2-3-14-8/h4,8,10H,2-3,5,12H2,1H3. The van der Waals surface area contributed by atoms with Gasteiger partial charge in [0.2, 0.25) is 0 Å². The Kier molecular flexibility index (Phi) is 3.79. The average Bonchev–Trinajstić information content (AvgIpc) is 2.58. The Bertz CT molecular complexity index is 336. The molecule has 3 nitrogen and oxygen atoms in total. The first-order valence-electron chi connectivity index (χ1n) is 4.89. The molecule has 2 unspecified atom stereocenters. The highest BCUT2D eigenvalue weighted by Gasteiger charge is 2.25. The summed E-state index contributed by atoms with van der Waals surface area (Å²) in [5, 5.41) is 0. The van der Waals surface area contributed by atoms with E-state index in [4.69, 9.17) is 15.2 Å². The zero-order chi connectivity index (χ0) is 10.8. The fourth-order valence-corrected chi connectivity index (χ4v) is 3.47. The van der Waals surface area contributed by atoms with Gasteiger partial charge < -0.3 is 15.2 Å². The van der Waals surface area contributed by atoms with Gasteiger partial charge in [-0.1, -0.05) is 0 Å². The third kappa shape index (κ3) is 2.60. The molecule has 2 heterocycles. The molecule has 1 aliphatic heterocycles. The van der Waals surface area contributed by atoms with E-state index in [0.717, 1.165) is 9.35 Å². The van der Waals surface area contributed by atoms with Crippen LogP contribution in [0.15, 0.2) is 9.85 Å². The van der Waals surface area contributed by atoms with E-state index in [1.807, 2.05) is 0 Å². The minimum Gasteiger partial charge on any atom is -0.376 e. The van der Waals surface area contributed by atoms with Crippen LogP contribution in [-0.2, 0) is 9.47 Å². The first kappa shape index (κ1) is 11.5. The van der Waals surface area contributed by atoms with Gasteiger partial charge in [0.05, 0.1) is 29.6 Å². The van der Waals surface area contributed by atoms with Crippen LogP contribution in [0.3, 0.4) is 0 Å². The molecule has 0 aliphatic carbocycles. The molecule has 2 atom stereocenters. The van der Waals surface area contributed by atoms with Crippen molar-refractivity contribution in [3.8, 4) is 0 Å².